The number of aliphatic hydroxyl groups is 1. The minimum Gasteiger partial charge on any atom is -0.390 e. The minimum atomic E-state index is -1.95. The third-order valence-electron chi connectivity index (χ3n) is 12.5. The summed E-state index contributed by atoms with van der Waals surface area (Å²) in [4.78, 5) is 33.8. The first kappa shape index (κ1) is 31.2. The number of thioether (sulfide) groups is 1. The van der Waals surface area contributed by atoms with Gasteiger partial charge in [0.15, 0.2) is 17.1 Å². The zero-order valence-corrected chi connectivity index (χ0v) is 27.2. The molecule has 5 nitrogen and oxygen atoms in total. The fourth-order valence-corrected chi connectivity index (χ4v) is 11.4. The van der Waals surface area contributed by atoms with E-state index in [9.17, 15) is 14.7 Å². The number of unbranched alkanes of at least 4 members (excludes halogenated alkanes) is 1. The van der Waals surface area contributed by atoms with Crippen LogP contribution in [0.4, 0.5) is 4.39 Å². The van der Waals surface area contributed by atoms with Gasteiger partial charge in [0.05, 0.1) is 6.10 Å². The van der Waals surface area contributed by atoms with Gasteiger partial charge < -0.3 is 5.11 Å². The number of carbonyl (C=O) groups is 2. The predicted molar refractivity (Wildman–Crippen MR) is 169 cm³/mol. The Kier molecular flexibility index (Phi) is 7.92. The molecular formula is C36H48FNO4S. The Morgan fingerprint density at radius 2 is 1.91 bits per heavy atom. The Bertz CT molecular complexity index is 1330. The van der Waals surface area contributed by atoms with Crippen molar-refractivity contribution in [1.82, 2.24) is 5.06 Å². The van der Waals surface area contributed by atoms with Crippen LogP contribution < -0.4 is 0 Å². The molecule has 0 bridgehead atoms. The largest absolute Gasteiger partial charge is 0.390 e. The zero-order valence-electron chi connectivity index (χ0n) is 26.4. The summed E-state index contributed by atoms with van der Waals surface area (Å²) in [6, 6.07) is 10.4. The second kappa shape index (κ2) is 10.9. The summed E-state index contributed by atoms with van der Waals surface area (Å²) in [6.07, 6.45) is 8.62. The van der Waals surface area contributed by atoms with Crippen LogP contribution in [-0.4, -0.2) is 57.3 Å². The number of fused-ring (bicyclic) bond motifs is 7. The van der Waals surface area contributed by atoms with Crippen LogP contribution in [0.2, 0.25) is 0 Å². The lowest BCUT2D eigenvalue weighted by Crippen LogP contribution is -2.73. The molecule has 1 heterocycles. The first-order valence-corrected chi connectivity index (χ1v) is 17.3. The highest BCUT2D eigenvalue weighted by Gasteiger charge is 2.83. The summed E-state index contributed by atoms with van der Waals surface area (Å²) in [7, 11) is 0. The lowest BCUT2D eigenvalue weighted by atomic mass is 9.39. The number of aryl methyl sites for hydroxylation is 1. The van der Waals surface area contributed by atoms with E-state index in [0.29, 0.717) is 25.9 Å². The number of ketones is 1. The van der Waals surface area contributed by atoms with E-state index in [1.165, 1.54) is 23.4 Å². The van der Waals surface area contributed by atoms with Crippen molar-refractivity contribution in [2.45, 2.75) is 96.9 Å². The van der Waals surface area contributed by atoms with E-state index in [4.69, 9.17) is 4.84 Å². The fraction of sp³-hybridized carbons (Fsp3) is 0.667. The van der Waals surface area contributed by atoms with E-state index in [2.05, 4.69) is 52.0 Å². The standard InChI is InChI=1S/C36H48FNO4S/c1-6-7-18-43-31(41)36-26(23-38(42-36)17-11-14-25-12-9-8-10-13-25)21-33(4)29-19-24(2)28-20-27(39)15-16-32(28,3)35(29,37)30(40)22-34(33,36)5/h8-10,12-13,15-16,20,24,26,29-30,40H,6-7,11,14,17-19,21-23H2,1-5H3/t24-,26-,29-,30-,32-,33-,34-,35-,36-/m0/s1. The monoisotopic (exact) mass is 609 g/mol. The molecule has 4 fully saturated rings. The molecule has 1 N–H and O–H groups in total. The maximum atomic E-state index is 18.0. The number of rotatable bonds is 8. The third-order valence-corrected chi connectivity index (χ3v) is 13.6. The van der Waals surface area contributed by atoms with Gasteiger partial charge in [-0.25, -0.2) is 4.39 Å². The van der Waals surface area contributed by atoms with Crippen molar-refractivity contribution in [2.75, 3.05) is 18.8 Å². The average Bonchev–Trinajstić information content (AvgIpc) is 3.42. The molecule has 43 heavy (non-hydrogen) atoms. The predicted octanol–water partition coefficient (Wildman–Crippen LogP) is 6.90. The van der Waals surface area contributed by atoms with Crippen LogP contribution in [0.15, 0.2) is 54.1 Å². The van der Waals surface area contributed by atoms with Gasteiger partial charge in [0.2, 0.25) is 5.12 Å². The Balaban J connectivity index is 1.36. The summed E-state index contributed by atoms with van der Waals surface area (Å²) in [5.74, 6) is 0.0246. The first-order valence-electron chi connectivity index (χ1n) is 16.3. The molecule has 0 aromatic heterocycles. The minimum absolute atomic E-state index is 0.0134. The number of halogens is 1. The van der Waals surface area contributed by atoms with E-state index in [-0.39, 0.29) is 29.2 Å². The molecule has 0 spiro atoms. The highest BCUT2D eigenvalue weighted by molar-refractivity contribution is 8.13. The number of hydrogen-bond acceptors (Lipinski definition) is 6. The molecule has 4 aliphatic carbocycles. The molecule has 9 atom stereocenters. The Hall–Kier alpha value is -1.80. The van der Waals surface area contributed by atoms with Crippen molar-refractivity contribution < 1.29 is 23.9 Å². The van der Waals surface area contributed by atoms with Crippen LogP contribution in [0.5, 0.6) is 0 Å². The van der Waals surface area contributed by atoms with E-state index in [1.54, 1.807) is 12.2 Å². The topological polar surface area (TPSA) is 66.8 Å². The van der Waals surface area contributed by atoms with E-state index < -0.39 is 39.5 Å². The van der Waals surface area contributed by atoms with Crippen molar-refractivity contribution in [3.05, 3.63) is 59.7 Å². The number of benzene rings is 1. The van der Waals surface area contributed by atoms with Crippen LogP contribution in [0, 0.1) is 34.0 Å². The van der Waals surface area contributed by atoms with E-state index >= 15 is 4.39 Å². The van der Waals surface area contributed by atoms with Gasteiger partial charge in [0, 0.05) is 41.5 Å². The summed E-state index contributed by atoms with van der Waals surface area (Å²) in [6.45, 7) is 11.7. The number of carbonyl (C=O) groups excluding carboxylic acids is 2. The van der Waals surface area contributed by atoms with Crippen molar-refractivity contribution in [3.63, 3.8) is 0 Å². The fourth-order valence-electron chi connectivity index (χ4n) is 10.2. The van der Waals surface area contributed by atoms with Crippen LogP contribution in [-0.2, 0) is 20.8 Å². The van der Waals surface area contributed by atoms with Crippen molar-refractivity contribution in [3.8, 4) is 0 Å². The maximum absolute atomic E-state index is 18.0. The smallest absolute Gasteiger partial charge is 0.223 e. The molecular weight excluding hydrogens is 561 g/mol. The molecule has 0 amide bonds. The van der Waals surface area contributed by atoms with Crippen LogP contribution in [0.3, 0.4) is 0 Å². The van der Waals surface area contributed by atoms with Crippen LogP contribution in [0.1, 0.15) is 78.7 Å². The molecule has 234 valence electrons. The van der Waals surface area contributed by atoms with Gasteiger partial charge in [-0.05, 0) is 74.5 Å². The number of allylic oxidation sites excluding steroid dienone is 4. The summed E-state index contributed by atoms with van der Waals surface area (Å²) >= 11 is 1.37. The lowest BCUT2D eigenvalue weighted by molar-refractivity contribution is -0.284. The zero-order chi connectivity index (χ0) is 30.8. The quantitative estimate of drug-likeness (QED) is 0.324. The summed E-state index contributed by atoms with van der Waals surface area (Å²) < 4.78 is 18.0. The third kappa shape index (κ3) is 4.27. The van der Waals surface area contributed by atoms with Gasteiger partial charge in [-0.15, -0.1) is 0 Å². The van der Waals surface area contributed by atoms with Crippen molar-refractivity contribution >= 4 is 22.7 Å². The Morgan fingerprint density at radius 3 is 2.63 bits per heavy atom. The number of hydrogen-bond donors (Lipinski definition) is 1. The summed E-state index contributed by atoms with van der Waals surface area (Å²) in [5.41, 5.74) is -3.43. The maximum Gasteiger partial charge on any atom is 0.223 e. The highest BCUT2D eigenvalue weighted by atomic mass is 32.2. The normalized spacial score (nSPS) is 43.5. The number of nitrogens with zero attached hydrogens (tertiary/aromatic N) is 1. The van der Waals surface area contributed by atoms with Gasteiger partial charge in [0.25, 0.3) is 0 Å². The molecule has 1 aliphatic heterocycles. The second-order valence-corrected chi connectivity index (χ2v) is 15.7. The van der Waals surface area contributed by atoms with Gasteiger partial charge in [-0.1, -0.05) is 87.9 Å². The number of hydroxylamine groups is 2. The van der Waals surface area contributed by atoms with Gasteiger partial charge in [-0.2, -0.15) is 5.06 Å². The Morgan fingerprint density at radius 1 is 1.16 bits per heavy atom. The molecule has 5 aliphatic rings. The molecule has 6 rings (SSSR count). The van der Waals surface area contributed by atoms with Crippen molar-refractivity contribution in [1.29, 1.82) is 0 Å². The van der Waals surface area contributed by atoms with Crippen LogP contribution >= 0.6 is 11.8 Å². The molecule has 0 radical (unpaired) electrons. The van der Waals surface area contributed by atoms with E-state index in [1.807, 2.05) is 18.1 Å². The van der Waals surface area contributed by atoms with Crippen molar-refractivity contribution in [2.24, 2.45) is 34.0 Å². The average molecular weight is 610 g/mol. The lowest BCUT2D eigenvalue weighted by Gasteiger charge is -2.67. The van der Waals surface area contributed by atoms with Gasteiger partial charge in [-0.3, -0.25) is 14.4 Å². The van der Waals surface area contributed by atoms with E-state index in [0.717, 1.165) is 37.0 Å². The Labute approximate surface area is 260 Å². The number of aliphatic hydroxyl groups excluding tert-OH is 1. The molecule has 1 saturated heterocycles. The van der Waals surface area contributed by atoms with Gasteiger partial charge >= 0.3 is 0 Å². The highest BCUT2D eigenvalue weighted by Crippen LogP contribution is 2.78. The number of alkyl halides is 1. The first-order chi connectivity index (χ1) is 20.4. The SMILES string of the molecule is CCCCSC(=O)[C@@]12ON(CCCc3ccccc3)C[C@@H]1C[C@@]1(C)[C@@H]3C[C@H](C)C4=CC(=O)C=C[C@]4(C)[C@@]3(F)[C@@H](O)C[C@@]12C. The molecule has 1 aromatic rings. The summed E-state index contributed by atoms with van der Waals surface area (Å²) in [5, 5.41) is 14.0. The molecule has 7 heteroatoms. The van der Waals surface area contributed by atoms with Crippen LogP contribution in [0.25, 0.3) is 0 Å². The second-order valence-electron chi connectivity index (χ2n) is 14.7. The molecule has 0 unspecified atom stereocenters. The molecule has 1 aromatic carbocycles. The van der Waals surface area contributed by atoms with Gasteiger partial charge in [0.1, 0.15) is 0 Å². The molecule has 3 saturated carbocycles.